The molecule has 0 aromatic heterocycles. The number of alkyl halides is 3. The number of ether oxygens (including phenoxy) is 1. The zero-order valence-electron chi connectivity index (χ0n) is 9.53. The van der Waals surface area contributed by atoms with Crippen LogP contribution in [0.4, 0.5) is 18.9 Å². The molecule has 0 aliphatic rings. The van der Waals surface area contributed by atoms with Gasteiger partial charge in [0, 0.05) is 0 Å². The lowest BCUT2D eigenvalue weighted by Crippen LogP contribution is -2.30. The van der Waals surface area contributed by atoms with E-state index in [0.29, 0.717) is 0 Å². The highest BCUT2D eigenvalue weighted by Crippen LogP contribution is 2.26. The number of amides is 1. The van der Waals surface area contributed by atoms with Crippen molar-refractivity contribution in [3.8, 4) is 5.75 Å². The number of rotatable bonds is 5. The van der Waals surface area contributed by atoms with E-state index in [1.54, 1.807) is 5.32 Å². The Bertz CT molecular complexity index is 473. The molecule has 2 N–H and O–H groups in total. The largest absolute Gasteiger partial charge is 0.491 e. The highest BCUT2D eigenvalue weighted by atomic mass is 19.4. The van der Waals surface area contributed by atoms with Gasteiger partial charge < -0.3 is 15.2 Å². The molecule has 0 unspecified atom stereocenters. The maximum absolute atomic E-state index is 12.1. The Balaban J connectivity index is 2.73. The van der Waals surface area contributed by atoms with Gasteiger partial charge in [0.15, 0.2) is 0 Å². The number of aliphatic carboxylic acids is 1. The SMILES string of the molecule is O=C(O)CCOc1ccccc1NC(=O)C(F)(F)F. The predicted molar refractivity (Wildman–Crippen MR) is 58.9 cm³/mol. The number of anilines is 1. The summed E-state index contributed by atoms with van der Waals surface area (Å²) >= 11 is 0. The van der Waals surface area contributed by atoms with Gasteiger partial charge in [0.1, 0.15) is 5.75 Å². The van der Waals surface area contributed by atoms with Crippen molar-refractivity contribution in [1.82, 2.24) is 0 Å². The maximum Gasteiger partial charge on any atom is 0.471 e. The number of carbonyl (C=O) groups is 2. The number of para-hydroxylation sites is 2. The van der Waals surface area contributed by atoms with Crippen molar-refractivity contribution in [3.63, 3.8) is 0 Å². The fourth-order valence-electron chi connectivity index (χ4n) is 1.14. The summed E-state index contributed by atoms with van der Waals surface area (Å²) in [5.74, 6) is -3.25. The van der Waals surface area contributed by atoms with E-state index >= 15 is 0 Å². The van der Waals surface area contributed by atoms with Gasteiger partial charge in [-0.05, 0) is 12.1 Å². The molecule has 0 atom stereocenters. The third-order valence-corrected chi connectivity index (χ3v) is 1.97. The number of carboxylic acid groups (broad SMARTS) is 1. The second-order valence-electron chi connectivity index (χ2n) is 3.44. The minimum absolute atomic E-state index is 0.0265. The summed E-state index contributed by atoms with van der Waals surface area (Å²) in [5, 5.41) is 10.1. The van der Waals surface area contributed by atoms with Gasteiger partial charge in [-0.1, -0.05) is 12.1 Å². The first-order chi connectivity index (χ1) is 8.80. The van der Waals surface area contributed by atoms with E-state index in [1.165, 1.54) is 24.3 Å². The Labute approximate surface area is 106 Å². The van der Waals surface area contributed by atoms with Crippen molar-refractivity contribution in [2.45, 2.75) is 12.6 Å². The summed E-state index contributed by atoms with van der Waals surface area (Å²) in [4.78, 5) is 21.1. The highest BCUT2D eigenvalue weighted by Gasteiger charge is 2.39. The molecular weight excluding hydrogens is 267 g/mol. The minimum atomic E-state index is -5.01. The third-order valence-electron chi connectivity index (χ3n) is 1.97. The van der Waals surface area contributed by atoms with Gasteiger partial charge in [-0.15, -0.1) is 0 Å². The van der Waals surface area contributed by atoms with Crippen molar-refractivity contribution in [2.24, 2.45) is 0 Å². The highest BCUT2D eigenvalue weighted by molar-refractivity contribution is 5.96. The lowest BCUT2D eigenvalue weighted by Gasteiger charge is -2.12. The van der Waals surface area contributed by atoms with Crippen LogP contribution in [0.1, 0.15) is 6.42 Å². The quantitative estimate of drug-likeness (QED) is 0.863. The number of halogens is 3. The molecule has 1 aromatic carbocycles. The molecule has 0 saturated heterocycles. The summed E-state index contributed by atoms with van der Waals surface area (Å²) in [6.45, 7) is -0.214. The van der Waals surface area contributed by atoms with Crippen LogP contribution in [0, 0.1) is 0 Å². The van der Waals surface area contributed by atoms with E-state index in [0.717, 1.165) is 0 Å². The summed E-state index contributed by atoms with van der Waals surface area (Å²) < 4.78 is 41.3. The number of nitrogens with one attached hydrogen (secondary N) is 1. The molecule has 104 valence electrons. The Morgan fingerprint density at radius 3 is 2.47 bits per heavy atom. The summed E-state index contributed by atoms with van der Waals surface area (Å²) in [5.41, 5.74) is -0.171. The van der Waals surface area contributed by atoms with Crippen LogP contribution in [-0.4, -0.2) is 29.8 Å². The van der Waals surface area contributed by atoms with Crippen LogP contribution in [0.25, 0.3) is 0 Å². The maximum atomic E-state index is 12.1. The summed E-state index contributed by atoms with van der Waals surface area (Å²) in [6.07, 6.45) is -5.31. The van der Waals surface area contributed by atoms with Gasteiger partial charge in [-0.25, -0.2) is 0 Å². The van der Waals surface area contributed by atoms with Crippen LogP contribution < -0.4 is 10.1 Å². The monoisotopic (exact) mass is 277 g/mol. The van der Waals surface area contributed by atoms with Gasteiger partial charge >= 0.3 is 18.1 Å². The van der Waals surface area contributed by atoms with Gasteiger partial charge in [0.25, 0.3) is 0 Å². The average molecular weight is 277 g/mol. The van der Waals surface area contributed by atoms with Crippen LogP contribution in [0.3, 0.4) is 0 Å². The normalized spacial score (nSPS) is 10.9. The predicted octanol–water partition coefficient (Wildman–Crippen LogP) is 2.04. The molecule has 0 bridgehead atoms. The molecule has 0 fully saturated rings. The second-order valence-corrected chi connectivity index (χ2v) is 3.44. The van der Waals surface area contributed by atoms with Gasteiger partial charge in [-0.2, -0.15) is 13.2 Å². The van der Waals surface area contributed by atoms with Crippen LogP contribution >= 0.6 is 0 Å². The Kier molecular flexibility index (Phi) is 4.74. The zero-order valence-corrected chi connectivity index (χ0v) is 9.53. The van der Waals surface area contributed by atoms with Crippen LogP contribution in [0.2, 0.25) is 0 Å². The smallest absolute Gasteiger partial charge is 0.471 e. The van der Waals surface area contributed by atoms with Crippen molar-refractivity contribution in [2.75, 3.05) is 11.9 Å². The molecule has 0 heterocycles. The molecule has 1 aromatic rings. The molecule has 19 heavy (non-hydrogen) atoms. The Morgan fingerprint density at radius 1 is 1.26 bits per heavy atom. The number of hydrogen-bond donors (Lipinski definition) is 2. The molecular formula is C11H10F3NO4. The summed E-state index contributed by atoms with van der Waals surface area (Å²) in [7, 11) is 0. The van der Waals surface area contributed by atoms with Crippen molar-refractivity contribution in [3.05, 3.63) is 24.3 Å². The van der Waals surface area contributed by atoms with Gasteiger partial charge in [0.05, 0.1) is 18.7 Å². The molecule has 1 amide bonds. The first-order valence-electron chi connectivity index (χ1n) is 5.12. The molecule has 0 aliphatic carbocycles. The lowest BCUT2D eigenvalue weighted by molar-refractivity contribution is -0.167. The van der Waals surface area contributed by atoms with Crippen molar-refractivity contribution in [1.29, 1.82) is 0 Å². The van der Waals surface area contributed by atoms with Gasteiger partial charge in [0.2, 0.25) is 0 Å². The van der Waals surface area contributed by atoms with Crippen molar-refractivity contribution < 1.29 is 32.6 Å². The molecule has 5 nitrogen and oxygen atoms in total. The minimum Gasteiger partial charge on any atom is -0.491 e. The fourth-order valence-corrected chi connectivity index (χ4v) is 1.14. The van der Waals surface area contributed by atoms with E-state index < -0.39 is 18.1 Å². The Morgan fingerprint density at radius 2 is 1.89 bits per heavy atom. The molecule has 8 heteroatoms. The van der Waals surface area contributed by atoms with E-state index in [1.807, 2.05) is 0 Å². The van der Waals surface area contributed by atoms with Crippen molar-refractivity contribution >= 4 is 17.6 Å². The lowest BCUT2D eigenvalue weighted by atomic mass is 10.3. The number of benzene rings is 1. The number of carboxylic acids is 1. The van der Waals surface area contributed by atoms with E-state index in [2.05, 4.69) is 0 Å². The average Bonchev–Trinajstić information content (AvgIpc) is 2.29. The van der Waals surface area contributed by atoms with Crippen LogP contribution in [0.15, 0.2) is 24.3 Å². The van der Waals surface area contributed by atoms with E-state index in [9.17, 15) is 22.8 Å². The number of hydrogen-bond acceptors (Lipinski definition) is 3. The van der Waals surface area contributed by atoms with E-state index in [4.69, 9.17) is 9.84 Å². The molecule has 0 spiro atoms. The fraction of sp³-hybridized carbons (Fsp3) is 0.273. The number of carbonyl (C=O) groups excluding carboxylic acids is 1. The van der Waals surface area contributed by atoms with Crippen LogP contribution in [0.5, 0.6) is 5.75 Å². The first-order valence-corrected chi connectivity index (χ1v) is 5.12. The molecule has 0 saturated carbocycles. The third kappa shape index (κ3) is 4.86. The second kappa shape index (κ2) is 6.07. The van der Waals surface area contributed by atoms with Gasteiger partial charge in [-0.3, -0.25) is 9.59 Å². The van der Waals surface area contributed by atoms with Crippen LogP contribution in [-0.2, 0) is 9.59 Å². The summed E-state index contributed by atoms with van der Waals surface area (Å²) in [6, 6.07) is 5.45. The van der Waals surface area contributed by atoms with E-state index in [-0.39, 0.29) is 24.5 Å². The molecule has 1 rings (SSSR count). The first kappa shape index (κ1) is 14.8. The standard InChI is InChI=1S/C11H10F3NO4/c12-11(13,14)10(18)15-7-3-1-2-4-8(7)19-6-5-9(16)17/h1-4H,5-6H2,(H,15,18)(H,16,17). The topological polar surface area (TPSA) is 75.6 Å². The molecule has 0 aliphatic heterocycles. The zero-order chi connectivity index (χ0) is 14.5. The molecule has 0 radical (unpaired) electrons. The Hall–Kier alpha value is -2.25.